The molecule has 1 radical (unpaired) electrons. The number of hydrogen-bond acceptors (Lipinski definition) is 3. The first-order valence-electron chi connectivity index (χ1n) is 3.14. The maximum Gasteiger partial charge on any atom is 0.0697 e. The van der Waals surface area contributed by atoms with E-state index in [1.54, 1.807) is 28.0 Å². The SMILES string of the molecule is Cn1c[c-]c(-n2ccnn2)n1.[Ir]. The largest absolute Gasteiger partial charge is 0.404 e. The molecule has 0 aliphatic heterocycles. The molecule has 0 aliphatic rings. The van der Waals surface area contributed by atoms with Crippen LogP contribution in [0.15, 0.2) is 18.6 Å². The third kappa shape index (κ3) is 1.60. The molecule has 65 valence electrons. The van der Waals surface area contributed by atoms with Gasteiger partial charge in [0.2, 0.25) is 0 Å². The van der Waals surface area contributed by atoms with Crippen molar-refractivity contribution in [2.24, 2.45) is 7.05 Å². The van der Waals surface area contributed by atoms with Crippen molar-refractivity contribution in [3.05, 3.63) is 24.7 Å². The Morgan fingerprint density at radius 2 is 2.33 bits per heavy atom. The van der Waals surface area contributed by atoms with E-state index < -0.39 is 0 Å². The predicted octanol–water partition coefficient (Wildman–Crippen LogP) is -0.202. The van der Waals surface area contributed by atoms with Gasteiger partial charge in [-0.25, -0.2) is 4.68 Å². The van der Waals surface area contributed by atoms with Crippen molar-refractivity contribution < 1.29 is 20.1 Å². The molecule has 0 fully saturated rings. The van der Waals surface area contributed by atoms with Crippen LogP contribution < -0.4 is 0 Å². The maximum atomic E-state index is 4.07. The van der Waals surface area contributed by atoms with Gasteiger partial charge in [-0.15, -0.1) is 5.10 Å². The number of aryl methyl sites for hydroxylation is 1. The van der Waals surface area contributed by atoms with Crippen LogP contribution in [0.25, 0.3) is 5.82 Å². The van der Waals surface area contributed by atoms with E-state index >= 15 is 0 Å². The zero-order valence-corrected chi connectivity index (χ0v) is 8.70. The van der Waals surface area contributed by atoms with Gasteiger partial charge in [-0.2, -0.15) is 11.3 Å². The Balaban J connectivity index is 0.000000720. The third-order valence-electron chi connectivity index (χ3n) is 1.27. The summed E-state index contributed by atoms with van der Waals surface area (Å²) in [5, 5.41) is 11.5. The quantitative estimate of drug-likeness (QED) is 0.676. The minimum Gasteiger partial charge on any atom is -0.404 e. The van der Waals surface area contributed by atoms with Gasteiger partial charge in [0.15, 0.2) is 0 Å². The van der Waals surface area contributed by atoms with Crippen molar-refractivity contribution in [2.75, 3.05) is 0 Å². The van der Waals surface area contributed by atoms with Crippen LogP contribution in [-0.2, 0) is 27.2 Å². The van der Waals surface area contributed by atoms with Crippen LogP contribution in [0.3, 0.4) is 0 Å². The normalized spacial score (nSPS) is 9.42. The van der Waals surface area contributed by atoms with Crippen LogP contribution in [-0.4, -0.2) is 24.8 Å². The summed E-state index contributed by atoms with van der Waals surface area (Å²) in [6, 6.07) is 2.92. The first kappa shape index (κ1) is 9.09. The molecule has 0 aliphatic carbocycles. The molecule has 0 saturated heterocycles. The molecule has 0 saturated carbocycles. The summed E-state index contributed by atoms with van der Waals surface area (Å²) in [6.07, 6.45) is 5.05. The second-order valence-corrected chi connectivity index (χ2v) is 2.12. The van der Waals surface area contributed by atoms with E-state index in [9.17, 15) is 0 Å². The smallest absolute Gasteiger partial charge is 0.0697 e. The average molecular weight is 340 g/mol. The van der Waals surface area contributed by atoms with Crippen molar-refractivity contribution in [3.8, 4) is 5.82 Å². The monoisotopic (exact) mass is 341 g/mol. The van der Waals surface area contributed by atoms with Gasteiger partial charge < -0.3 is 10.7 Å². The molecule has 12 heavy (non-hydrogen) atoms. The molecule has 5 nitrogen and oxygen atoms in total. The Morgan fingerprint density at radius 3 is 2.83 bits per heavy atom. The first-order valence-corrected chi connectivity index (χ1v) is 3.14. The Hall–Kier alpha value is -1.00. The van der Waals surface area contributed by atoms with Gasteiger partial charge >= 0.3 is 0 Å². The fraction of sp³-hybridized carbons (Fsp3) is 0.167. The Bertz CT molecular complexity index is 338. The minimum atomic E-state index is 0. The van der Waals surface area contributed by atoms with Crippen LogP contribution in [0.5, 0.6) is 0 Å². The Kier molecular flexibility index (Phi) is 2.73. The molecule has 0 atom stereocenters. The summed E-state index contributed by atoms with van der Waals surface area (Å²) in [5.41, 5.74) is 0. The topological polar surface area (TPSA) is 48.5 Å². The summed E-state index contributed by atoms with van der Waals surface area (Å²) >= 11 is 0. The molecule has 0 amide bonds. The van der Waals surface area contributed by atoms with Crippen molar-refractivity contribution in [3.63, 3.8) is 0 Å². The van der Waals surface area contributed by atoms with Gasteiger partial charge in [0.05, 0.1) is 6.20 Å². The van der Waals surface area contributed by atoms with E-state index in [2.05, 4.69) is 21.5 Å². The third-order valence-corrected chi connectivity index (χ3v) is 1.27. The molecular weight excluding hydrogens is 334 g/mol. The minimum absolute atomic E-state index is 0. The summed E-state index contributed by atoms with van der Waals surface area (Å²) in [6.45, 7) is 0. The number of aromatic nitrogens is 5. The Labute approximate surface area is 82.7 Å². The molecule has 2 heterocycles. The van der Waals surface area contributed by atoms with Crippen LogP contribution >= 0.6 is 0 Å². The molecule has 0 bridgehead atoms. The van der Waals surface area contributed by atoms with Crippen LogP contribution in [0.4, 0.5) is 0 Å². The van der Waals surface area contributed by atoms with Crippen molar-refractivity contribution in [1.82, 2.24) is 24.8 Å². The van der Waals surface area contributed by atoms with E-state index in [4.69, 9.17) is 0 Å². The molecule has 0 N–H and O–H groups in total. The van der Waals surface area contributed by atoms with Crippen molar-refractivity contribution >= 4 is 0 Å². The molecule has 0 aromatic carbocycles. The van der Waals surface area contributed by atoms with Crippen molar-refractivity contribution in [1.29, 1.82) is 0 Å². The first-order chi connectivity index (χ1) is 5.36. The van der Waals surface area contributed by atoms with Crippen molar-refractivity contribution in [2.45, 2.75) is 0 Å². The van der Waals surface area contributed by atoms with Crippen LogP contribution in [0.1, 0.15) is 0 Å². The van der Waals surface area contributed by atoms with Gasteiger partial charge in [0.25, 0.3) is 0 Å². The molecular formula is C6H6IrN5-. The summed E-state index contributed by atoms with van der Waals surface area (Å²) in [4.78, 5) is 0. The maximum absolute atomic E-state index is 4.07. The standard InChI is InChI=1S/C6H6N5.Ir/c1-10-4-2-6(8-10)11-5-3-7-9-11;/h3-5H,1H3;/q-1;. The molecule has 2 aromatic rings. The fourth-order valence-electron chi connectivity index (χ4n) is 0.791. The van der Waals surface area contributed by atoms with E-state index in [0.717, 1.165) is 0 Å². The van der Waals surface area contributed by atoms with Gasteiger partial charge in [0, 0.05) is 33.3 Å². The number of rotatable bonds is 1. The van der Waals surface area contributed by atoms with E-state index in [1.165, 1.54) is 0 Å². The summed E-state index contributed by atoms with van der Waals surface area (Å²) in [7, 11) is 1.83. The summed E-state index contributed by atoms with van der Waals surface area (Å²) < 4.78 is 3.22. The van der Waals surface area contributed by atoms with Gasteiger partial charge in [-0.3, -0.25) is 0 Å². The van der Waals surface area contributed by atoms with Gasteiger partial charge in [0.1, 0.15) is 0 Å². The molecule has 0 unspecified atom stereocenters. The zero-order valence-electron chi connectivity index (χ0n) is 6.30. The van der Waals surface area contributed by atoms with Crippen LogP contribution in [0, 0.1) is 6.07 Å². The number of hydrogen-bond donors (Lipinski definition) is 0. The number of nitrogens with zero attached hydrogens (tertiary/aromatic N) is 5. The Morgan fingerprint density at radius 1 is 1.50 bits per heavy atom. The molecule has 2 aromatic heterocycles. The van der Waals surface area contributed by atoms with E-state index in [-0.39, 0.29) is 20.1 Å². The molecule has 2 rings (SSSR count). The second kappa shape index (κ2) is 3.60. The fourth-order valence-corrected chi connectivity index (χ4v) is 0.791. The molecule has 0 spiro atoms. The summed E-state index contributed by atoms with van der Waals surface area (Å²) in [5.74, 6) is 0.657. The average Bonchev–Trinajstić information content (AvgIpc) is 2.55. The van der Waals surface area contributed by atoms with E-state index in [0.29, 0.717) is 5.82 Å². The van der Waals surface area contributed by atoms with Gasteiger partial charge in [-0.05, 0) is 5.82 Å². The van der Waals surface area contributed by atoms with E-state index in [1.807, 2.05) is 7.05 Å². The van der Waals surface area contributed by atoms with Gasteiger partial charge in [-0.1, -0.05) is 5.21 Å². The predicted molar refractivity (Wildman–Crippen MR) is 37.0 cm³/mol. The second-order valence-electron chi connectivity index (χ2n) is 2.12. The zero-order chi connectivity index (χ0) is 7.68. The van der Waals surface area contributed by atoms with Crippen LogP contribution in [0.2, 0.25) is 0 Å². The molecule has 6 heteroatoms.